The topological polar surface area (TPSA) is 64.9 Å². The van der Waals surface area contributed by atoms with Crippen molar-refractivity contribution in [2.24, 2.45) is 5.73 Å². The van der Waals surface area contributed by atoms with Gasteiger partial charge in [0.25, 0.3) is 0 Å². The summed E-state index contributed by atoms with van der Waals surface area (Å²) in [6.45, 7) is 1.96. The number of nitrogens with zero attached hydrogens (tertiary/aromatic N) is 2. The standard InChI is InChI=1S/C22H25N3O/c1-22(23,15-16-9-4-2-5-10-16)21-25-24-20(26-21)19-14-8-13-18(19)17-11-6-3-7-12-17/h2-7,9-12,18-19H,8,13-15,23H2,1H3/t18-,19+,22-/m1/s1. The van der Waals surface area contributed by atoms with E-state index in [1.807, 2.05) is 25.1 Å². The fourth-order valence-corrected chi connectivity index (χ4v) is 4.07. The highest BCUT2D eigenvalue weighted by Crippen LogP contribution is 2.45. The van der Waals surface area contributed by atoms with Gasteiger partial charge in [-0.05, 0) is 43.2 Å². The summed E-state index contributed by atoms with van der Waals surface area (Å²) in [6, 6.07) is 20.8. The van der Waals surface area contributed by atoms with Crippen LogP contribution in [0, 0.1) is 0 Å². The molecule has 4 nitrogen and oxygen atoms in total. The van der Waals surface area contributed by atoms with E-state index in [-0.39, 0.29) is 5.92 Å². The lowest BCUT2D eigenvalue weighted by Gasteiger charge is -2.20. The first kappa shape index (κ1) is 17.0. The van der Waals surface area contributed by atoms with Crippen LogP contribution in [0.3, 0.4) is 0 Å². The van der Waals surface area contributed by atoms with Crippen molar-refractivity contribution in [2.75, 3.05) is 0 Å². The molecule has 4 rings (SSSR count). The maximum atomic E-state index is 6.53. The van der Waals surface area contributed by atoms with Crippen molar-refractivity contribution in [1.29, 1.82) is 0 Å². The number of hydrogen-bond donors (Lipinski definition) is 1. The summed E-state index contributed by atoms with van der Waals surface area (Å²) in [5.41, 5.74) is 8.38. The molecule has 0 radical (unpaired) electrons. The molecule has 1 aliphatic carbocycles. The van der Waals surface area contributed by atoms with Crippen LogP contribution in [-0.2, 0) is 12.0 Å². The van der Waals surface area contributed by atoms with Crippen LogP contribution in [0.4, 0.5) is 0 Å². The molecule has 0 unspecified atom stereocenters. The van der Waals surface area contributed by atoms with Crippen LogP contribution in [0.15, 0.2) is 65.1 Å². The van der Waals surface area contributed by atoms with Crippen LogP contribution in [0.25, 0.3) is 0 Å². The van der Waals surface area contributed by atoms with E-state index < -0.39 is 5.54 Å². The van der Waals surface area contributed by atoms with Crippen LogP contribution in [0.2, 0.25) is 0 Å². The molecule has 3 aromatic rings. The van der Waals surface area contributed by atoms with Gasteiger partial charge in [-0.25, -0.2) is 0 Å². The minimum Gasteiger partial charge on any atom is -0.423 e. The first-order valence-corrected chi connectivity index (χ1v) is 9.35. The van der Waals surface area contributed by atoms with Crippen molar-refractivity contribution in [3.8, 4) is 0 Å². The predicted octanol–water partition coefficient (Wildman–Crippen LogP) is 4.54. The van der Waals surface area contributed by atoms with Crippen molar-refractivity contribution >= 4 is 0 Å². The summed E-state index contributed by atoms with van der Waals surface area (Å²) in [4.78, 5) is 0. The number of aromatic nitrogens is 2. The second-order valence-corrected chi connectivity index (χ2v) is 7.58. The van der Waals surface area contributed by atoms with Crippen LogP contribution in [0.1, 0.15) is 60.9 Å². The molecular weight excluding hydrogens is 322 g/mol. The van der Waals surface area contributed by atoms with E-state index in [1.165, 1.54) is 17.5 Å². The van der Waals surface area contributed by atoms with Crippen molar-refractivity contribution in [3.05, 3.63) is 83.6 Å². The van der Waals surface area contributed by atoms with Gasteiger partial charge in [0.15, 0.2) is 0 Å². The number of rotatable bonds is 5. The van der Waals surface area contributed by atoms with Gasteiger partial charge in [-0.15, -0.1) is 10.2 Å². The molecular formula is C22H25N3O. The van der Waals surface area contributed by atoms with Gasteiger partial charge in [0.2, 0.25) is 11.8 Å². The Hall–Kier alpha value is -2.46. The molecule has 1 aliphatic rings. The molecule has 26 heavy (non-hydrogen) atoms. The summed E-state index contributed by atoms with van der Waals surface area (Å²) < 4.78 is 6.11. The lowest BCUT2D eigenvalue weighted by atomic mass is 9.89. The summed E-state index contributed by atoms with van der Waals surface area (Å²) >= 11 is 0. The highest BCUT2D eigenvalue weighted by molar-refractivity contribution is 5.25. The largest absolute Gasteiger partial charge is 0.423 e. The molecule has 0 spiro atoms. The van der Waals surface area contributed by atoms with E-state index in [0.717, 1.165) is 18.7 Å². The fraction of sp³-hybridized carbons (Fsp3) is 0.364. The molecule has 1 fully saturated rings. The molecule has 0 amide bonds. The Morgan fingerprint density at radius 1 is 0.962 bits per heavy atom. The minimum absolute atomic E-state index is 0.283. The molecule has 2 aromatic carbocycles. The molecule has 1 aromatic heterocycles. The normalized spacial score (nSPS) is 22.2. The Morgan fingerprint density at radius 2 is 1.62 bits per heavy atom. The van der Waals surface area contributed by atoms with E-state index in [4.69, 9.17) is 10.2 Å². The quantitative estimate of drug-likeness (QED) is 0.736. The fourth-order valence-electron chi connectivity index (χ4n) is 4.07. The molecule has 0 aliphatic heterocycles. The monoisotopic (exact) mass is 347 g/mol. The average molecular weight is 347 g/mol. The smallest absolute Gasteiger partial charge is 0.236 e. The summed E-state index contributed by atoms with van der Waals surface area (Å²) in [5, 5.41) is 8.70. The first-order chi connectivity index (χ1) is 12.6. The molecule has 1 saturated carbocycles. The van der Waals surface area contributed by atoms with E-state index in [1.54, 1.807) is 0 Å². The van der Waals surface area contributed by atoms with Crippen LogP contribution in [-0.4, -0.2) is 10.2 Å². The van der Waals surface area contributed by atoms with Crippen molar-refractivity contribution < 1.29 is 4.42 Å². The van der Waals surface area contributed by atoms with Crippen molar-refractivity contribution in [1.82, 2.24) is 10.2 Å². The first-order valence-electron chi connectivity index (χ1n) is 9.35. The van der Waals surface area contributed by atoms with Gasteiger partial charge in [-0.3, -0.25) is 0 Å². The third-order valence-corrected chi connectivity index (χ3v) is 5.40. The Balaban J connectivity index is 1.55. The Bertz CT molecular complexity index is 842. The third-order valence-electron chi connectivity index (χ3n) is 5.40. The van der Waals surface area contributed by atoms with E-state index in [9.17, 15) is 0 Å². The van der Waals surface area contributed by atoms with Crippen molar-refractivity contribution in [3.63, 3.8) is 0 Å². The Kier molecular flexibility index (Phi) is 4.60. The van der Waals surface area contributed by atoms with E-state index in [0.29, 0.717) is 18.2 Å². The Morgan fingerprint density at radius 3 is 2.35 bits per heavy atom. The molecule has 2 N–H and O–H groups in total. The molecule has 4 heteroatoms. The van der Waals surface area contributed by atoms with Gasteiger partial charge in [0, 0.05) is 5.92 Å². The summed E-state index contributed by atoms with van der Waals surface area (Å²) in [7, 11) is 0. The molecule has 0 bridgehead atoms. The highest BCUT2D eigenvalue weighted by atomic mass is 16.4. The molecule has 134 valence electrons. The highest BCUT2D eigenvalue weighted by Gasteiger charge is 2.36. The van der Waals surface area contributed by atoms with Gasteiger partial charge in [-0.2, -0.15) is 0 Å². The van der Waals surface area contributed by atoms with E-state index in [2.05, 4.69) is 52.7 Å². The predicted molar refractivity (Wildman–Crippen MR) is 102 cm³/mol. The zero-order chi connectivity index (χ0) is 18.0. The van der Waals surface area contributed by atoms with Crippen LogP contribution >= 0.6 is 0 Å². The molecule has 3 atom stereocenters. The second kappa shape index (κ2) is 7.04. The van der Waals surface area contributed by atoms with Gasteiger partial charge in [0.05, 0.1) is 5.54 Å². The van der Waals surface area contributed by atoms with Crippen LogP contribution < -0.4 is 5.73 Å². The van der Waals surface area contributed by atoms with Gasteiger partial charge in [0.1, 0.15) is 0 Å². The second-order valence-electron chi connectivity index (χ2n) is 7.58. The minimum atomic E-state index is -0.673. The number of hydrogen-bond acceptors (Lipinski definition) is 4. The van der Waals surface area contributed by atoms with Crippen LogP contribution in [0.5, 0.6) is 0 Å². The zero-order valence-electron chi connectivity index (χ0n) is 15.1. The van der Waals surface area contributed by atoms with Gasteiger partial charge >= 0.3 is 0 Å². The van der Waals surface area contributed by atoms with Crippen molar-refractivity contribution in [2.45, 2.75) is 50.0 Å². The summed E-state index contributed by atoms with van der Waals surface area (Å²) in [6.07, 6.45) is 4.10. The third kappa shape index (κ3) is 3.42. The SMILES string of the molecule is C[C@@](N)(Cc1ccccc1)c1nnc([C@H]2CCC[C@@H]2c2ccccc2)o1. The van der Waals surface area contributed by atoms with Gasteiger partial charge < -0.3 is 10.2 Å². The van der Waals surface area contributed by atoms with Gasteiger partial charge in [-0.1, -0.05) is 67.1 Å². The Labute approximate surface area is 154 Å². The zero-order valence-corrected chi connectivity index (χ0v) is 15.1. The number of benzene rings is 2. The lowest BCUT2D eigenvalue weighted by molar-refractivity contribution is 0.322. The summed E-state index contributed by atoms with van der Waals surface area (Å²) in [5.74, 6) is 1.99. The average Bonchev–Trinajstić information content (AvgIpc) is 3.32. The molecule has 0 saturated heterocycles. The maximum Gasteiger partial charge on any atom is 0.236 e. The lowest BCUT2D eigenvalue weighted by Crippen LogP contribution is -2.35. The number of nitrogens with two attached hydrogens (primary N) is 1. The molecule has 1 heterocycles. The van der Waals surface area contributed by atoms with E-state index >= 15 is 0 Å². The maximum absolute atomic E-state index is 6.53.